The molecule has 0 saturated heterocycles. The second-order valence-electron chi connectivity index (χ2n) is 6.31. The van der Waals surface area contributed by atoms with E-state index in [4.69, 9.17) is 13.9 Å². The van der Waals surface area contributed by atoms with Crippen molar-refractivity contribution in [2.75, 3.05) is 13.7 Å². The second kappa shape index (κ2) is 8.08. The van der Waals surface area contributed by atoms with Crippen LogP contribution in [0.2, 0.25) is 0 Å². The number of hydrogen-bond donors (Lipinski definition) is 0. The summed E-state index contributed by atoms with van der Waals surface area (Å²) in [6.45, 7) is 4.84. The maximum Gasteiger partial charge on any atom is 0.276 e. The molecular weight excluding hydrogens is 332 g/mol. The molecule has 138 valence electrons. The van der Waals surface area contributed by atoms with Crippen molar-refractivity contribution in [1.29, 1.82) is 0 Å². The molecule has 3 rings (SSSR count). The number of carbonyl (C=O) groups excluding carboxylic acids is 1. The molecule has 26 heavy (non-hydrogen) atoms. The van der Waals surface area contributed by atoms with E-state index in [0.717, 1.165) is 18.4 Å². The van der Waals surface area contributed by atoms with E-state index in [2.05, 4.69) is 18.0 Å². The van der Waals surface area contributed by atoms with E-state index < -0.39 is 0 Å². The smallest absolute Gasteiger partial charge is 0.276 e. The first kappa shape index (κ1) is 18.0. The molecule has 1 atom stereocenters. The summed E-state index contributed by atoms with van der Waals surface area (Å²) < 4.78 is 16.5. The molecule has 2 aromatic rings. The SMILES string of the molecule is CCCC1C=CCN1C(=O)c1coc(COc2ccc(C)cc2OC)n1. The molecule has 2 heterocycles. The van der Waals surface area contributed by atoms with E-state index in [1.165, 1.54) is 6.26 Å². The summed E-state index contributed by atoms with van der Waals surface area (Å²) >= 11 is 0. The molecule has 1 aliphatic heterocycles. The molecule has 0 saturated carbocycles. The Hall–Kier alpha value is -2.76. The molecular formula is C20H24N2O4. The monoisotopic (exact) mass is 356 g/mol. The lowest BCUT2D eigenvalue weighted by Gasteiger charge is -2.23. The van der Waals surface area contributed by atoms with Gasteiger partial charge >= 0.3 is 0 Å². The molecule has 6 heteroatoms. The maximum absolute atomic E-state index is 12.7. The standard InChI is InChI=1S/C20H24N2O4/c1-4-6-15-7-5-10-22(15)20(23)16-12-26-19(21-16)13-25-17-9-8-14(2)11-18(17)24-3/h5,7-9,11-12,15H,4,6,10,13H2,1-3H3. The van der Waals surface area contributed by atoms with Crippen molar-refractivity contribution in [2.24, 2.45) is 0 Å². The van der Waals surface area contributed by atoms with Crippen LogP contribution in [0.5, 0.6) is 11.5 Å². The lowest BCUT2D eigenvalue weighted by Crippen LogP contribution is -2.36. The van der Waals surface area contributed by atoms with Crippen LogP contribution in [0.1, 0.15) is 41.7 Å². The summed E-state index contributed by atoms with van der Waals surface area (Å²) in [6, 6.07) is 5.82. The first-order valence-electron chi connectivity index (χ1n) is 8.81. The van der Waals surface area contributed by atoms with Crippen molar-refractivity contribution in [3.8, 4) is 11.5 Å². The number of ether oxygens (including phenoxy) is 2. The van der Waals surface area contributed by atoms with E-state index >= 15 is 0 Å². The number of nitrogens with zero attached hydrogens (tertiary/aromatic N) is 2. The fourth-order valence-corrected chi connectivity index (χ4v) is 3.01. The third kappa shape index (κ3) is 3.90. The number of oxazole rings is 1. The summed E-state index contributed by atoms with van der Waals surface area (Å²) in [7, 11) is 1.60. The largest absolute Gasteiger partial charge is 0.493 e. The van der Waals surface area contributed by atoms with Crippen LogP contribution in [0, 0.1) is 6.92 Å². The quantitative estimate of drug-likeness (QED) is 0.707. The number of hydrogen-bond acceptors (Lipinski definition) is 5. The predicted molar refractivity (Wildman–Crippen MR) is 97.4 cm³/mol. The number of methoxy groups -OCH3 is 1. The van der Waals surface area contributed by atoms with E-state index in [-0.39, 0.29) is 18.6 Å². The molecule has 1 aromatic heterocycles. The van der Waals surface area contributed by atoms with Gasteiger partial charge in [-0.05, 0) is 31.0 Å². The van der Waals surface area contributed by atoms with Gasteiger partial charge in [0, 0.05) is 6.54 Å². The lowest BCUT2D eigenvalue weighted by atomic mass is 10.1. The highest BCUT2D eigenvalue weighted by Crippen LogP contribution is 2.28. The van der Waals surface area contributed by atoms with E-state index in [1.807, 2.05) is 36.1 Å². The van der Waals surface area contributed by atoms with Gasteiger partial charge in [0.1, 0.15) is 6.26 Å². The number of aromatic nitrogens is 1. The van der Waals surface area contributed by atoms with Gasteiger partial charge in [-0.15, -0.1) is 0 Å². The van der Waals surface area contributed by atoms with E-state index in [0.29, 0.717) is 29.6 Å². The van der Waals surface area contributed by atoms with Gasteiger partial charge in [0.05, 0.1) is 13.2 Å². The van der Waals surface area contributed by atoms with Gasteiger partial charge in [0.2, 0.25) is 5.89 Å². The van der Waals surface area contributed by atoms with Crippen molar-refractivity contribution < 1.29 is 18.7 Å². The van der Waals surface area contributed by atoms with Crippen LogP contribution < -0.4 is 9.47 Å². The third-order valence-electron chi connectivity index (χ3n) is 4.35. The predicted octanol–water partition coefficient (Wildman–Crippen LogP) is 3.75. The molecule has 0 N–H and O–H groups in total. The minimum atomic E-state index is -0.114. The molecule has 0 bridgehead atoms. The molecule has 6 nitrogen and oxygen atoms in total. The second-order valence-corrected chi connectivity index (χ2v) is 6.31. The topological polar surface area (TPSA) is 64.8 Å². The van der Waals surface area contributed by atoms with Gasteiger partial charge in [-0.3, -0.25) is 4.79 Å². The molecule has 0 aliphatic carbocycles. The van der Waals surface area contributed by atoms with Crippen LogP contribution in [0.15, 0.2) is 41.0 Å². The summed E-state index contributed by atoms with van der Waals surface area (Å²) in [6.07, 6.45) is 7.47. The van der Waals surface area contributed by atoms with Crippen molar-refractivity contribution in [3.63, 3.8) is 0 Å². The molecule has 1 amide bonds. The Morgan fingerprint density at radius 2 is 2.23 bits per heavy atom. The molecule has 0 radical (unpaired) electrons. The van der Waals surface area contributed by atoms with Gasteiger partial charge in [0.25, 0.3) is 5.91 Å². The van der Waals surface area contributed by atoms with Gasteiger partial charge in [0.15, 0.2) is 23.8 Å². The van der Waals surface area contributed by atoms with Crippen LogP contribution >= 0.6 is 0 Å². The highest BCUT2D eigenvalue weighted by molar-refractivity contribution is 5.92. The minimum Gasteiger partial charge on any atom is -0.493 e. The third-order valence-corrected chi connectivity index (χ3v) is 4.35. The zero-order valence-electron chi connectivity index (χ0n) is 15.4. The lowest BCUT2D eigenvalue weighted by molar-refractivity contribution is 0.0738. The van der Waals surface area contributed by atoms with Gasteiger partial charge < -0.3 is 18.8 Å². The summed E-state index contributed by atoms with van der Waals surface area (Å²) in [4.78, 5) is 18.8. The first-order chi connectivity index (χ1) is 12.6. The normalized spacial score (nSPS) is 16.1. The summed E-state index contributed by atoms with van der Waals surface area (Å²) in [5.74, 6) is 1.50. The van der Waals surface area contributed by atoms with Crippen molar-refractivity contribution >= 4 is 5.91 Å². The Morgan fingerprint density at radius 1 is 1.38 bits per heavy atom. The van der Waals surface area contributed by atoms with Crippen LogP contribution in [-0.4, -0.2) is 35.5 Å². The molecule has 1 unspecified atom stereocenters. The van der Waals surface area contributed by atoms with Crippen molar-refractivity contribution in [3.05, 3.63) is 53.8 Å². The van der Waals surface area contributed by atoms with Crippen molar-refractivity contribution in [2.45, 2.75) is 39.3 Å². The average Bonchev–Trinajstić information content (AvgIpc) is 3.30. The molecule has 1 aromatic carbocycles. The minimum absolute atomic E-state index is 0.114. The fraction of sp³-hybridized carbons (Fsp3) is 0.400. The summed E-state index contributed by atoms with van der Waals surface area (Å²) in [5, 5.41) is 0. The Balaban J connectivity index is 1.64. The number of carbonyl (C=O) groups is 1. The molecule has 0 fully saturated rings. The Morgan fingerprint density at radius 3 is 3.00 bits per heavy atom. The van der Waals surface area contributed by atoms with Crippen molar-refractivity contribution in [1.82, 2.24) is 9.88 Å². The number of benzene rings is 1. The fourth-order valence-electron chi connectivity index (χ4n) is 3.01. The zero-order chi connectivity index (χ0) is 18.5. The molecule has 1 aliphatic rings. The zero-order valence-corrected chi connectivity index (χ0v) is 15.4. The number of amides is 1. The van der Waals surface area contributed by atoms with Crippen LogP contribution in [0.3, 0.4) is 0 Å². The summed E-state index contributed by atoms with van der Waals surface area (Å²) in [5.41, 5.74) is 1.39. The Kier molecular flexibility index (Phi) is 5.61. The number of aryl methyl sites for hydroxylation is 1. The first-order valence-corrected chi connectivity index (χ1v) is 8.81. The maximum atomic E-state index is 12.7. The van der Waals surface area contributed by atoms with Crippen LogP contribution in [0.4, 0.5) is 0 Å². The van der Waals surface area contributed by atoms with E-state index in [1.54, 1.807) is 7.11 Å². The highest BCUT2D eigenvalue weighted by Gasteiger charge is 2.27. The van der Waals surface area contributed by atoms with Gasteiger partial charge in [-0.25, -0.2) is 4.98 Å². The van der Waals surface area contributed by atoms with Crippen LogP contribution in [0.25, 0.3) is 0 Å². The molecule has 0 spiro atoms. The van der Waals surface area contributed by atoms with Gasteiger partial charge in [-0.1, -0.05) is 31.6 Å². The number of rotatable bonds is 7. The van der Waals surface area contributed by atoms with Crippen LogP contribution in [-0.2, 0) is 6.61 Å². The average molecular weight is 356 g/mol. The van der Waals surface area contributed by atoms with Gasteiger partial charge in [-0.2, -0.15) is 0 Å². The van der Waals surface area contributed by atoms with E-state index in [9.17, 15) is 4.79 Å². The Bertz CT molecular complexity index is 797. The highest BCUT2D eigenvalue weighted by atomic mass is 16.5. The Labute approximate surface area is 153 Å².